The molecule has 0 aliphatic heterocycles. The number of halogens is 2. The number of Topliss-reactive ketones (excluding diaryl/α,β-unsaturated/α-hetero) is 1. The summed E-state index contributed by atoms with van der Waals surface area (Å²) < 4.78 is 27.1. The van der Waals surface area contributed by atoms with Gasteiger partial charge in [0, 0.05) is 42.6 Å². The number of carbonyl (C=O) groups is 2. The van der Waals surface area contributed by atoms with Crippen LogP contribution in [0.25, 0.3) is 0 Å². The maximum Gasteiger partial charge on any atom is 0.252 e. The number of ketones is 1. The summed E-state index contributed by atoms with van der Waals surface area (Å²) >= 11 is 1.34. The van der Waals surface area contributed by atoms with Crippen LogP contribution in [0.4, 0.5) is 8.78 Å². The van der Waals surface area contributed by atoms with Crippen molar-refractivity contribution in [2.24, 2.45) is 5.73 Å². The summed E-state index contributed by atoms with van der Waals surface area (Å²) in [7, 11) is 0. The molecular weight excluding hydrogens is 486 g/mol. The Labute approximate surface area is 213 Å². The highest BCUT2D eigenvalue weighted by Gasteiger charge is 2.29. The zero-order valence-electron chi connectivity index (χ0n) is 19.9. The van der Waals surface area contributed by atoms with Crippen molar-refractivity contribution in [1.82, 2.24) is 4.90 Å². The normalized spacial score (nSPS) is 13.7. The van der Waals surface area contributed by atoms with Gasteiger partial charge in [0.15, 0.2) is 5.78 Å². The van der Waals surface area contributed by atoms with E-state index in [4.69, 9.17) is 5.73 Å². The zero-order valence-corrected chi connectivity index (χ0v) is 20.8. The second-order valence-corrected chi connectivity index (χ2v) is 9.54. The number of aliphatic hydroxyl groups excluding tert-OH is 2. The largest absolute Gasteiger partial charge is 0.390 e. The van der Waals surface area contributed by atoms with Crippen LogP contribution in [0.5, 0.6) is 0 Å². The van der Waals surface area contributed by atoms with E-state index in [2.05, 4.69) is 0 Å². The van der Waals surface area contributed by atoms with Crippen molar-refractivity contribution in [3.05, 3.63) is 93.2 Å². The van der Waals surface area contributed by atoms with Crippen LogP contribution in [-0.4, -0.2) is 51.6 Å². The monoisotopic (exact) mass is 516 g/mol. The summed E-state index contributed by atoms with van der Waals surface area (Å²) in [6.45, 7) is 1.84. The van der Waals surface area contributed by atoms with E-state index in [1.54, 1.807) is 16.8 Å². The molecule has 192 valence electrons. The molecule has 3 rings (SSSR count). The van der Waals surface area contributed by atoms with Crippen molar-refractivity contribution < 1.29 is 28.6 Å². The predicted octanol–water partition coefficient (Wildman–Crippen LogP) is 3.48. The van der Waals surface area contributed by atoms with Crippen molar-refractivity contribution in [3.8, 4) is 0 Å². The molecule has 0 spiro atoms. The van der Waals surface area contributed by atoms with E-state index in [1.165, 1.54) is 16.2 Å². The van der Waals surface area contributed by atoms with Gasteiger partial charge in [0.2, 0.25) is 0 Å². The third-order valence-electron chi connectivity index (χ3n) is 5.89. The van der Waals surface area contributed by atoms with E-state index in [0.717, 1.165) is 35.7 Å². The molecule has 0 saturated carbocycles. The molecule has 1 amide bonds. The fraction of sp³-hybridized carbons (Fsp3) is 0.333. The minimum absolute atomic E-state index is 0.0254. The highest BCUT2D eigenvalue weighted by Crippen LogP contribution is 2.16. The van der Waals surface area contributed by atoms with E-state index in [1.807, 2.05) is 31.2 Å². The fourth-order valence-corrected chi connectivity index (χ4v) is 4.57. The number of hydrogen-bond donors (Lipinski definition) is 3. The standard InChI is InChI=1S/C27H30F2N2O4S/c1-2-17-4-3-5-18(8-17)14-31(27(35)25(33)13-24(32)20-6-7-36-16-20)15-26(34)23(30)11-19-9-21(28)12-22(29)10-19/h3-10,12,16,23,25-26,33-34H,2,11,13-15,30H2,1H3/t23-,25?,26+/m0/s1. The molecule has 1 unspecified atom stereocenters. The molecule has 0 aliphatic carbocycles. The summed E-state index contributed by atoms with van der Waals surface area (Å²) in [6.07, 6.45) is -2.49. The first-order valence-corrected chi connectivity index (χ1v) is 12.6. The lowest BCUT2D eigenvalue weighted by atomic mass is 10.0. The van der Waals surface area contributed by atoms with Gasteiger partial charge >= 0.3 is 0 Å². The van der Waals surface area contributed by atoms with Gasteiger partial charge in [-0.15, -0.1) is 0 Å². The second kappa shape index (κ2) is 12.8. The third-order valence-corrected chi connectivity index (χ3v) is 6.57. The highest BCUT2D eigenvalue weighted by atomic mass is 32.1. The highest BCUT2D eigenvalue weighted by molar-refractivity contribution is 7.08. The summed E-state index contributed by atoms with van der Waals surface area (Å²) in [6, 6.07) is 11.2. The van der Waals surface area contributed by atoms with Gasteiger partial charge in [0.05, 0.1) is 6.10 Å². The van der Waals surface area contributed by atoms with Gasteiger partial charge in [-0.1, -0.05) is 31.2 Å². The zero-order chi connectivity index (χ0) is 26.2. The molecule has 36 heavy (non-hydrogen) atoms. The minimum atomic E-state index is -1.60. The van der Waals surface area contributed by atoms with Crippen LogP contribution in [0, 0.1) is 11.6 Å². The molecule has 0 saturated heterocycles. The smallest absolute Gasteiger partial charge is 0.252 e. The van der Waals surface area contributed by atoms with Crippen LogP contribution < -0.4 is 5.73 Å². The molecule has 3 aromatic rings. The van der Waals surface area contributed by atoms with Crippen LogP contribution in [0.1, 0.15) is 40.4 Å². The van der Waals surface area contributed by atoms with Crippen LogP contribution >= 0.6 is 11.3 Å². The van der Waals surface area contributed by atoms with Crippen LogP contribution in [0.3, 0.4) is 0 Å². The Bertz CT molecular complexity index is 1150. The first kappa shape index (κ1) is 27.6. The summed E-state index contributed by atoms with van der Waals surface area (Å²) in [5, 5.41) is 24.7. The first-order chi connectivity index (χ1) is 17.2. The molecule has 2 aromatic carbocycles. The summed E-state index contributed by atoms with van der Waals surface area (Å²) in [5.41, 5.74) is 8.64. The SMILES string of the molecule is CCc1cccc(CN(C[C@@H](O)[C@@H](N)Cc2cc(F)cc(F)c2)C(=O)C(O)CC(=O)c2ccsc2)c1. The Morgan fingerprint density at radius 2 is 1.72 bits per heavy atom. The number of hydrogen-bond acceptors (Lipinski definition) is 6. The van der Waals surface area contributed by atoms with E-state index >= 15 is 0 Å². The number of carbonyl (C=O) groups excluding carboxylic acids is 2. The molecule has 9 heteroatoms. The Kier molecular flexibility index (Phi) is 9.83. The number of thiophene rings is 1. The van der Waals surface area contributed by atoms with Gasteiger partial charge in [-0.25, -0.2) is 8.78 Å². The molecule has 1 aromatic heterocycles. The Morgan fingerprint density at radius 3 is 2.36 bits per heavy atom. The Balaban J connectivity index is 1.75. The number of rotatable bonds is 12. The van der Waals surface area contributed by atoms with Gasteiger partial charge < -0.3 is 20.8 Å². The average Bonchev–Trinajstić information content (AvgIpc) is 3.38. The quantitative estimate of drug-likeness (QED) is 0.320. The fourth-order valence-electron chi connectivity index (χ4n) is 3.91. The summed E-state index contributed by atoms with van der Waals surface area (Å²) in [5.74, 6) is -2.59. The second-order valence-electron chi connectivity index (χ2n) is 8.76. The minimum Gasteiger partial charge on any atom is -0.390 e. The van der Waals surface area contributed by atoms with Crippen molar-refractivity contribution in [2.75, 3.05) is 6.54 Å². The lowest BCUT2D eigenvalue weighted by Crippen LogP contribution is -2.49. The lowest BCUT2D eigenvalue weighted by molar-refractivity contribution is -0.142. The molecule has 0 fully saturated rings. The Morgan fingerprint density at radius 1 is 1.03 bits per heavy atom. The number of nitrogens with zero attached hydrogens (tertiary/aromatic N) is 1. The lowest BCUT2D eigenvalue weighted by Gasteiger charge is -2.30. The van der Waals surface area contributed by atoms with Gasteiger partial charge in [-0.2, -0.15) is 11.3 Å². The number of aliphatic hydroxyl groups is 2. The molecule has 0 aliphatic rings. The van der Waals surface area contributed by atoms with Crippen molar-refractivity contribution in [2.45, 2.75) is 51.0 Å². The molecule has 4 N–H and O–H groups in total. The summed E-state index contributed by atoms with van der Waals surface area (Å²) in [4.78, 5) is 26.9. The van der Waals surface area contributed by atoms with Crippen molar-refractivity contribution in [3.63, 3.8) is 0 Å². The molecule has 0 radical (unpaired) electrons. The first-order valence-electron chi connectivity index (χ1n) is 11.6. The van der Waals surface area contributed by atoms with Gasteiger partial charge in [0.1, 0.15) is 17.7 Å². The van der Waals surface area contributed by atoms with Crippen LogP contribution in [0.2, 0.25) is 0 Å². The van der Waals surface area contributed by atoms with Crippen molar-refractivity contribution in [1.29, 1.82) is 0 Å². The molecule has 0 bridgehead atoms. The number of benzene rings is 2. The molecule has 3 atom stereocenters. The molecule has 6 nitrogen and oxygen atoms in total. The van der Waals surface area contributed by atoms with Crippen LogP contribution in [-0.2, 0) is 24.2 Å². The van der Waals surface area contributed by atoms with E-state index in [-0.39, 0.29) is 30.9 Å². The number of aryl methyl sites for hydroxylation is 1. The third kappa shape index (κ3) is 7.76. The maximum absolute atomic E-state index is 13.5. The average molecular weight is 517 g/mol. The van der Waals surface area contributed by atoms with Crippen LogP contribution in [0.15, 0.2) is 59.3 Å². The van der Waals surface area contributed by atoms with E-state index in [0.29, 0.717) is 5.56 Å². The van der Waals surface area contributed by atoms with Gasteiger partial charge in [0.25, 0.3) is 5.91 Å². The Hall–Kier alpha value is -2.98. The van der Waals surface area contributed by atoms with Gasteiger partial charge in [-0.3, -0.25) is 9.59 Å². The molecule has 1 heterocycles. The van der Waals surface area contributed by atoms with E-state index in [9.17, 15) is 28.6 Å². The topological polar surface area (TPSA) is 104 Å². The molecular formula is C27H30F2N2O4S. The van der Waals surface area contributed by atoms with E-state index < -0.39 is 42.2 Å². The van der Waals surface area contributed by atoms with Crippen molar-refractivity contribution >= 4 is 23.0 Å². The maximum atomic E-state index is 13.5. The predicted molar refractivity (Wildman–Crippen MR) is 135 cm³/mol. The number of nitrogens with two attached hydrogens (primary N) is 1. The number of amides is 1. The van der Waals surface area contributed by atoms with Gasteiger partial charge in [-0.05, 0) is 53.1 Å².